The molecule has 34 heavy (non-hydrogen) atoms. The van der Waals surface area contributed by atoms with Crippen LogP contribution in [-0.4, -0.2) is 49.5 Å². The van der Waals surface area contributed by atoms with Crippen LogP contribution in [0.4, 0.5) is 11.4 Å². The minimum absolute atomic E-state index is 0.0435. The number of rotatable bonds is 6. The van der Waals surface area contributed by atoms with Crippen LogP contribution in [0.2, 0.25) is 0 Å². The summed E-state index contributed by atoms with van der Waals surface area (Å²) in [4.78, 5) is 38.5. The number of amides is 2. The Hall–Kier alpha value is -3.04. The minimum Gasteiger partial charge on any atom is -0.325 e. The lowest BCUT2D eigenvalue weighted by atomic mass is 10.0. The highest BCUT2D eigenvalue weighted by Crippen LogP contribution is 2.32. The molecule has 2 aromatic carbocycles. The number of sulfonamides is 1. The van der Waals surface area contributed by atoms with E-state index < -0.39 is 15.9 Å². The molecule has 1 saturated heterocycles. The van der Waals surface area contributed by atoms with E-state index in [9.17, 15) is 22.8 Å². The standard InChI is InChI=1S/C25H29N3O5S/c1-17-6-3-4-13-28(17)34(32,33)22-10-11-23-20(15-22)9-12-25(31)27(23)16-24(30)26-21-8-5-7-19(14-21)18(2)29/h5,7-8,10-11,14-15,17H,3-4,6,9,12-13,16H2,1-2H3,(H,26,30). The number of nitrogens with one attached hydrogen (secondary N) is 1. The van der Waals surface area contributed by atoms with Crippen LogP contribution in [-0.2, 0) is 26.0 Å². The van der Waals surface area contributed by atoms with Gasteiger partial charge in [-0.05, 0) is 69.0 Å². The highest BCUT2D eigenvalue weighted by atomic mass is 32.2. The van der Waals surface area contributed by atoms with Crippen molar-refractivity contribution < 1.29 is 22.8 Å². The van der Waals surface area contributed by atoms with Gasteiger partial charge in [0.25, 0.3) is 0 Å². The molecule has 1 fully saturated rings. The molecule has 2 amide bonds. The lowest BCUT2D eigenvalue weighted by Crippen LogP contribution is -2.42. The van der Waals surface area contributed by atoms with Crippen LogP contribution in [0.5, 0.6) is 0 Å². The van der Waals surface area contributed by atoms with Crippen molar-refractivity contribution in [2.75, 3.05) is 23.3 Å². The zero-order valence-electron chi connectivity index (χ0n) is 19.4. The Morgan fingerprint density at radius 3 is 2.62 bits per heavy atom. The molecule has 0 aromatic heterocycles. The third-order valence-electron chi connectivity index (χ3n) is 6.45. The first-order valence-corrected chi connectivity index (χ1v) is 13.0. The maximum atomic E-state index is 13.2. The fourth-order valence-electron chi connectivity index (χ4n) is 4.59. The molecule has 2 aliphatic rings. The number of ketones is 1. The number of fused-ring (bicyclic) bond motifs is 1. The van der Waals surface area contributed by atoms with Crippen molar-refractivity contribution in [1.29, 1.82) is 0 Å². The summed E-state index contributed by atoms with van der Waals surface area (Å²) in [6, 6.07) is 11.3. The van der Waals surface area contributed by atoms with Crippen molar-refractivity contribution in [1.82, 2.24) is 4.31 Å². The van der Waals surface area contributed by atoms with Crippen molar-refractivity contribution in [3.05, 3.63) is 53.6 Å². The van der Waals surface area contributed by atoms with E-state index in [1.807, 2.05) is 6.92 Å². The molecule has 1 N–H and O–H groups in total. The van der Waals surface area contributed by atoms with Gasteiger partial charge >= 0.3 is 0 Å². The maximum absolute atomic E-state index is 13.2. The van der Waals surface area contributed by atoms with Gasteiger partial charge in [0.05, 0.1) is 4.90 Å². The van der Waals surface area contributed by atoms with E-state index in [1.54, 1.807) is 40.7 Å². The van der Waals surface area contributed by atoms with E-state index in [1.165, 1.54) is 17.9 Å². The first kappa shape index (κ1) is 24.1. The summed E-state index contributed by atoms with van der Waals surface area (Å²) in [5.41, 5.74) is 2.24. The van der Waals surface area contributed by atoms with Crippen molar-refractivity contribution in [3.63, 3.8) is 0 Å². The van der Waals surface area contributed by atoms with E-state index in [0.717, 1.165) is 24.8 Å². The van der Waals surface area contributed by atoms with Crippen LogP contribution in [0.15, 0.2) is 47.4 Å². The quantitative estimate of drug-likeness (QED) is 0.635. The Balaban J connectivity index is 1.54. The normalized spacial score (nSPS) is 18.9. The largest absolute Gasteiger partial charge is 0.325 e. The second-order valence-corrected chi connectivity index (χ2v) is 10.8. The van der Waals surface area contributed by atoms with Gasteiger partial charge in [0.1, 0.15) is 6.54 Å². The van der Waals surface area contributed by atoms with Crippen molar-refractivity contribution >= 4 is 39.0 Å². The lowest BCUT2D eigenvalue weighted by Gasteiger charge is -2.33. The van der Waals surface area contributed by atoms with Crippen molar-refractivity contribution in [2.24, 2.45) is 0 Å². The van der Waals surface area contributed by atoms with E-state index >= 15 is 0 Å². The topological polar surface area (TPSA) is 104 Å². The van der Waals surface area contributed by atoms with Crippen LogP contribution in [0, 0.1) is 0 Å². The molecule has 1 unspecified atom stereocenters. The van der Waals surface area contributed by atoms with Gasteiger partial charge in [-0.3, -0.25) is 14.4 Å². The van der Waals surface area contributed by atoms with Crippen molar-refractivity contribution in [3.8, 4) is 0 Å². The molecule has 8 nitrogen and oxygen atoms in total. The zero-order chi connectivity index (χ0) is 24.5. The molecule has 0 spiro atoms. The number of hydrogen-bond donors (Lipinski definition) is 1. The number of carbonyl (C=O) groups is 3. The summed E-state index contributed by atoms with van der Waals surface area (Å²) in [5, 5.41) is 2.73. The Morgan fingerprint density at radius 2 is 1.88 bits per heavy atom. The molecular weight excluding hydrogens is 454 g/mol. The Bertz CT molecular complexity index is 1240. The van der Waals surface area contributed by atoms with Gasteiger partial charge < -0.3 is 10.2 Å². The molecule has 2 aromatic rings. The number of anilines is 2. The highest BCUT2D eigenvalue weighted by molar-refractivity contribution is 7.89. The maximum Gasteiger partial charge on any atom is 0.244 e. The average molecular weight is 484 g/mol. The molecule has 0 bridgehead atoms. The number of nitrogens with zero attached hydrogens (tertiary/aromatic N) is 2. The number of carbonyl (C=O) groups excluding carboxylic acids is 3. The molecule has 0 aliphatic carbocycles. The summed E-state index contributed by atoms with van der Waals surface area (Å²) in [6.07, 6.45) is 3.34. The molecule has 0 radical (unpaired) electrons. The smallest absolute Gasteiger partial charge is 0.244 e. The Kier molecular flexibility index (Phi) is 6.86. The third-order valence-corrected chi connectivity index (χ3v) is 8.46. The van der Waals surface area contributed by atoms with E-state index in [0.29, 0.717) is 29.9 Å². The molecule has 9 heteroatoms. The van der Waals surface area contributed by atoms with E-state index in [4.69, 9.17) is 0 Å². The third kappa shape index (κ3) is 4.90. The second kappa shape index (κ2) is 9.68. The Labute approximate surface area is 200 Å². The predicted molar refractivity (Wildman–Crippen MR) is 129 cm³/mol. The molecule has 180 valence electrons. The van der Waals surface area contributed by atoms with Gasteiger partial charge in [-0.25, -0.2) is 8.42 Å². The van der Waals surface area contributed by atoms with Gasteiger partial charge in [0.15, 0.2) is 5.78 Å². The second-order valence-electron chi connectivity index (χ2n) is 8.92. The van der Waals surface area contributed by atoms with E-state index in [-0.39, 0.29) is 35.6 Å². The molecule has 4 rings (SSSR count). The van der Waals surface area contributed by atoms with Gasteiger partial charge in [0, 0.05) is 35.9 Å². The molecule has 1 atom stereocenters. The fourth-order valence-corrected chi connectivity index (χ4v) is 6.35. The van der Waals surface area contributed by atoms with Crippen LogP contribution < -0.4 is 10.2 Å². The first-order valence-electron chi connectivity index (χ1n) is 11.5. The molecular formula is C25H29N3O5S. The first-order chi connectivity index (χ1) is 16.2. The summed E-state index contributed by atoms with van der Waals surface area (Å²) >= 11 is 0. The highest BCUT2D eigenvalue weighted by Gasteiger charge is 2.33. The average Bonchev–Trinajstić information content (AvgIpc) is 2.81. The summed E-state index contributed by atoms with van der Waals surface area (Å²) in [5.74, 6) is -0.706. The van der Waals surface area contributed by atoms with Crippen LogP contribution in [0.25, 0.3) is 0 Å². The Morgan fingerprint density at radius 1 is 1.09 bits per heavy atom. The summed E-state index contributed by atoms with van der Waals surface area (Å²) in [7, 11) is -3.63. The van der Waals surface area contributed by atoms with Crippen LogP contribution in [0.1, 0.15) is 55.5 Å². The fraction of sp³-hybridized carbons (Fsp3) is 0.400. The van der Waals surface area contributed by atoms with E-state index in [2.05, 4.69) is 5.32 Å². The lowest BCUT2D eigenvalue weighted by molar-refractivity contribution is -0.121. The van der Waals surface area contributed by atoms with Crippen LogP contribution >= 0.6 is 0 Å². The summed E-state index contributed by atoms with van der Waals surface area (Å²) in [6.45, 7) is 3.69. The number of piperidine rings is 1. The SMILES string of the molecule is CC(=O)c1cccc(NC(=O)CN2C(=O)CCc3cc(S(=O)(=O)N4CCCCC4C)ccc32)c1. The molecule has 2 heterocycles. The van der Waals surface area contributed by atoms with Crippen LogP contribution in [0.3, 0.4) is 0 Å². The number of aryl methyl sites for hydroxylation is 1. The minimum atomic E-state index is -3.63. The number of hydrogen-bond acceptors (Lipinski definition) is 5. The molecule has 0 saturated carbocycles. The number of Topliss-reactive ketones (excluding diaryl/α,β-unsaturated/α-hetero) is 1. The zero-order valence-corrected chi connectivity index (χ0v) is 20.2. The van der Waals surface area contributed by atoms with Gasteiger partial charge in [0.2, 0.25) is 21.8 Å². The van der Waals surface area contributed by atoms with Gasteiger partial charge in [-0.15, -0.1) is 0 Å². The van der Waals surface area contributed by atoms with Gasteiger partial charge in [-0.2, -0.15) is 4.31 Å². The summed E-state index contributed by atoms with van der Waals surface area (Å²) < 4.78 is 28.0. The van der Waals surface area contributed by atoms with Crippen molar-refractivity contribution in [2.45, 2.75) is 56.9 Å². The predicted octanol–water partition coefficient (Wildman–Crippen LogP) is 3.37. The molecule has 2 aliphatic heterocycles. The monoisotopic (exact) mass is 483 g/mol. The number of benzene rings is 2. The van der Waals surface area contributed by atoms with Gasteiger partial charge in [-0.1, -0.05) is 18.6 Å².